The van der Waals surface area contributed by atoms with Crippen LogP contribution in [0.2, 0.25) is 0 Å². The van der Waals surface area contributed by atoms with E-state index in [4.69, 9.17) is 9.52 Å². The van der Waals surface area contributed by atoms with Crippen LogP contribution in [0.4, 0.5) is 0 Å². The van der Waals surface area contributed by atoms with Gasteiger partial charge in [0.25, 0.3) is 0 Å². The van der Waals surface area contributed by atoms with Gasteiger partial charge < -0.3 is 9.52 Å². The number of aliphatic hydroxyl groups is 1. The average molecular weight is 153 g/mol. The van der Waals surface area contributed by atoms with Gasteiger partial charge in [-0.25, -0.2) is 4.98 Å². The molecule has 1 aliphatic carbocycles. The number of oxazole rings is 1. The smallest absolute Gasteiger partial charge is 0.197 e. The fourth-order valence-electron chi connectivity index (χ4n) is 1.01. The Morgan fingerprint density at radius 1 is 1.73 bits per heavy atom. The fourth-order valence-corrected chi connectivity index (χ4v) is 1.01. The van der Waals surface area contributed by atoms with Gasteiger partial charge in [-0.3, -0.25) is 0 Å². The standard InChI is InChI=1S/C8H11NO2/c1-5(10)7-4-11-8(9-7)6-2-3-6/h4-6,10H,2-3H2,1H3. The van der Waals surface area contributed by atoms with Crippen molar-refractivity contribution in [2.24, 2.45) is 0 Å². The summed E-state index contributed by atoms with van der Waals surface area (Å²) in [5.74, 6) is 1.32. The third-order valence-electron chi connectivity index (χ3n) is 1.89. The van der Waals surface area contributed by atoms with E-state index in [1.54, 1.807) is 13.2 Å². The molecule has 1 fully saturated rings. The van der Waals surface area contributed by atoms with Crippen molar-refractivity contribution in [2.75, 3.05) is 0 Å². The summed E-state index contributed by atoms with van der Waals surface area (Å²) in [5.41, 5.74) is 0.645. The number of aliphatic hydroxyl groups excluding tert-OH is 1. The van der Waals surface area contributed by atoms with E-state index >= 15 is 0 Å². The van der Waals surface area contributed by atoms with Crippen LogP contribution in [-0.4, -0.2) is 10.1 Å². The van der Waals surface area contributed by atoms with Crippen molar-refractivity contribution in [3.05, 3.63) is 17.8 Å². The maximum atomic E-state index is 9.12. The zero-order valence-electron chi connectivity index (χ0n) is 6.45. The molecule has 60 valence electrons. The summed E-state index contributed by atoms with van der Waals surface area (Å²) in [5, 5.41) is 9.12. The molecule has 1 atom stereocenters. The topological polar surface area (TPSA) is 46.3 Å². The molecule has 0 saturated heterocycles. The van der Waals surface area contributed by atoms with E-state index in [-0.39, 0.29) is 0 Å². The van der Waals surface area contributed by atoms with Crippen molar-refractivity contribution in [2.45, 2.75) is 31.8 Å². The number of hydrogen-bond acceptors (Lipinski definition) is 3. The number of rotatable bonds is 2. The molecule has 2 rings (SSSR count). The minimum Gasteiger partial charge on any atom is -0.448 e. The maximum absolute atomic E-state index is 9.12. The quantitative estimate of drug-likeness (QED) is 0.702. The van der Waals surface area contributed by atoms with Gasteiger partial charge in [-0.1, -0.05) is 0 Å². The highest BCUT2D eigenvalue weighted by Crippen LogP contribution is 2.39. The van der Waals surface area contributed by atoms with E-state index in [9.17, 15) is 0 Å². The zero-order chi connectivity index (χ0) is 7.84. The van der Waals surface area contributed by atoms with Crippen molar-refractivity contribution in [1.29, 1.82) is 0 Å². The Bertz CT molecular complexity index is 234. The third kappa shape index (κ3) is 1.28. The summed E-state index contributed by atoms with van der Waals surface area (Å²) < 4.78 is 5.18. The minimum absolute atomic E-state index is 0.508. The van der Waals surface area contributed by atoms with Gasteiger partial charge >= 0.3 is 0 Å². The second-order valence-electron chi connectivity index (χ2n) is 3.06. The van der Waals surface area contributed by atoms with Gasteiger partial charge in [-0.2, -0.15) is 0 Å². The lowest BCUT2D eigenvalue weighted by atomic mass is 10.3. The predicted molar refractivity (Wildman–Crippen MR) is 39.1 cm³/mol. The second-order valence-corrected chi connectivity index (χ2v) is 3.06. The van der Waals surface area contributed by atoms with E-state index in [1.807, 2.05) is 0 Å². The molecule has 0 radical (unpaired) electrons. The highest BCUT2D eigenvalue weighted by Gasteiger charge is 2.28. The van der Waals surface area contributed by atoms with E-state index in [0.717, 1.165) is 5.89 Å². The van der Waals surface area contributed by atoms with Crippen LogP contribution in [0, 0.1) is 0 Å². The second kappa shape index (κ2) is 2.34. The Kier molecular flexibility index (Phi) is 1.46. The van der Waals surface area contributed by atoms with Gasteiger partial charge in [-0.15, -0.1) is 0 Å². The lowest BCUT2D eigenvalue weighted by Crippen LogP contribution is -1.90. The lowest BCUT2D eigenvalue weighted by Gasteiger charge is -1.93. The van der Waals surface area contributed by atoms with Crippen LogP contribution in [0.3, 0.4) is 0 Å². The van der Waals surface area contributed by atoms with E-state index in [0.29, 0.717) is 11.6 Å². The van der Waals surface area contributed by atoms with Crippen LogP contribution in [0.15, 0.2) is 10.7 Å². The molecule has 1 unspecified atom stereocenters. The van der Waals surface area contributed by atoms with E-state index in [2.05, 4.69) is 4.98 Å². The van der Waals surface area contributed by atoms with Gasteiger partial charge in [0, 0.05) is 5.92 Å². The van der Waals surface area contributed by atoms with Gasteiger partial charge in [0.1, 0.15) is 12.0 Å². The molecular weight excluding hydrogens is 142 g/mol. The first-order chi connectivity index (χ1) is 5.27. The summed E-state index contributed by atoms with van der Waals surface area (Å²) in [7, 11) is 0. The Morgan fingerprint density at radius 2 is 2.45 bits per heavy atom. The van der Waals surface area contributed by atoms with Crippen LogP contribution in [0.1, 0.15) is 43.4 Å². The molecule has 0 aromatic carbocycles. The van der Waals surface area contributed by atoms with Crippen LogP contribution in [0.5, 0.6) is 0 Å². The van der Waals surface area contributed by atoms with E-state index in [1.165, 1.54) is 12.8 Å². The molecule has 1 saturated carbocycles. The predicted octanol–water partition coefficient (Wildman–Crippen LogP) is 1.61. The first-order valence-electron chi connectivity index (χ1n) is 3.91. The molecule has 1 N–H and O–H groups in total. The van der Waals surface area contributed by atoms with Crippen molar-refractivity contribution < 1.29 is 9.52 Å². The van der Waals surface area contributed by atoms with Crippen molar-refractivity contribution in [3.8, 4) is 0 Å². The lowest BCUT2D eigenvalue weighted by molar-refractivity contribution is 0.194. The number of hydrogen-bond donors (Lipinski definition) is 1. The zero-order valence-corrected chi connectivity index (χ0v) is 6.45. The number of nitrogens with zero attached hydrogens (tertiary/aromatic N) is 1. The number of aromatic nitrogens is 1. The first kappa shape index (κ1) is 6.85. The highest BCUT2D eigenvalue weighted by molar-refractivity contribution is 5.07. The van der Waals surface area contributed by atoms with Crippen molar-refractivity contribution in [3.63, 3.8) is 0 Å². The summed E-state index contributed by atoms with van der Waals surface area (Å²) >= 11 is 0. The summed E-state index contributed by atoms with van der Waals surface area (Å²) in [6.45, 7) is 1.69. The fraction of sp³-hybridized carbons (Fsp3) is 0.625. The SMILES string of the molecule is CC(O)c1coc(C2CC2)n1. The molecule has 1 aromatic rings. The largest absolute Gasteiger partial charge is 0.448 e. The molecule has 0 amide bonds. The molecule has 11 heavy (non-hydrogen) atoms. The summed E-state index contributed by atoms with van der Waals surface area (Å²) in [4.78, 5) is 4.16. The Morgan fingerprint density at radius 3 is 2.91 bits per heavy atom. The molecule has 3 heteroatoms. The molecule has 3 nitrogen and oxygen atoms in total. The van der Waals surface area contributed by atoms with Crippen LogP contribution in [-0.2, 0) is 0 Å². The van der Waals surface area contributed by atoms with Crippen molar-refractivity contribution in [1.82, 2.24) is 4.98 Å². The molecule has 0 bridgehead atoms. The molecule has 0 spiro atoms. The first-order valence-corrected chi connectivity index (χ1v) is 3.91. The molecular formula is C8H11NO2. The molecule has 1 aromatic heterocycles. The summed E-state index contributed by atoms with van der Waals surface area (Å²) in [6.07, 6.45) is 3.39. The third-order valence-corrected chi connectivity index (χ3v) is 1.89. The normalized spacial score (nSPS) is 20.2. The maximum Gasteiger partial charge on any atom is 0.197 e. The van der Waals surface area contributed by atoms with Gasteiger partial charge in [0.2, 0.25) is 0 Å². The van der Waals surface area contributed by atoms with Crippen LogP contribution < -0.4 is 0 Å². The molecule has 1 heterocycles. The van der Waals surface area contributed by atoms with Crippen molar-refractivity contribution >= 4 is 0 Å². The van der Waals surface area contributed by atoms with Gasteiger partial charge in [0.15, 0.2) is 5.89 Å². The Balaban J connectivity index is 2.18. The van der Waals surface area contributed by atoms with Gasteiger partial charge in [-0.05, 0) is 19.8 Å². The average Bonchev–Trinajstić information content (AvgIpc) is 2.68. The highest BCUT2D eigenvalue weighted by atomic mass is 16.3. The van der Waals surface area contributed by atoms with Crippen LogP contribution >= 0.6 is 0 Å². The van der Waals surface area contributed by atoms with E-state index < -0.39 is 6.10 Å². The van der Waals surface area contributed by atoms with Crippen LogP contribution in [0.25, 0.3) is 0 Å². The molecule has 0 aliphatic heterocycles. The van der Waals surface area contributed by atoms with Gasteiger partial charge in [0.05, 0.1) is 6.10 Å². The Hall–Kier alpha value is -0.830. The molecule has 1 aliphatic rings. The Labute approximate surface area is 65.1 Å². The minimum atomic E-state index is -0.508. The monoisotopic (exact) mass is 153 g/mol. The summed E-state index contributed by atoms with van der Waals surface area (Å²) in [6, 6.07) is 0.